The Morgan fingerprint density at radius 3 is 3.17 bits per heavy atom. The molecule has 0 bridgehead atoms. The van der Waals surface area contributed by atoms with E-state index in [0.29, 0.717) is 0 Å². The number of aryl methyl sites for hydroxylation is 1. The van der Waals surface area contributed by atoms with Crippen LogP contribution in [0.1, 0.15) is 17.8 Å². The van der Waals surface area contributed by atoms with Crippen LogP contribution in [0.25, 0.3) is 0 Å². The molecule has 0 radical (unpaired) electrons. The minimum atomic E-state index is 0.743. The summed E-state index contributed by atoms with van der Waals surface area (Å²) in [4.78, 5) is 0. The van der Waals surface area contributed by atoms with Crippen molar-refractivity contribution in [3.63, 3.8) is 0 Å². The third-order valence-corrected chi connectivity index (χ3v) is 2.47. The fourth-order valence-electron chi connectivity index (χ4n) is 1.82. The number of H-pyrrole nitrogens is 1. The maximum absolute atomic E-state index is 4.13. The van der Waals surface area contributed by atoms with Crippen molar-refractivity contribution in [1.82, 2.24) is 20.7 Å². The SMILES string of the molecule is CNCC1CCc2n[nH]nc2C1. The topological polar surface area (TPSA) is 53.6 Å². The van der Waals surface area contributed by atoms with Gasteiger partial charge in [0.1, 0.15) is 0 Å². The Bertz CT molecular complexity index is 255. The first-order chi connectivity index (χ1) is 5.90. The van der Waals surface area contributed by atoms with Gasteiger partial charge in [-0.25, -0.2) is 0 Å². The standard InChI is InChI=1S/C8H14N4/c1-9-5-6-2-3-7-8(4-6)11-12-10-7/h6,9H,2-5H2,1H3,(H,10,11,12). The van der Waals surface area contributed by atoms with Crippen molar-refractivity contribution in [3.05, 3.63) is 11.4 Å². The quantitative estimate of drug-likeness (QED) is 0.656. The van der Waals surface area contributed by atoms with Crippen LogP contribution in [0.15, 0.2) is 0 Å². The molecule has 0 saturated heterocycles. The van der Waals surface area contributed by atoms with Gasteiger partial charge in [-0.2, -0.15) is 15.4 Å². The molecule has 1 atom stereocenters. The van der Waals surface area contributed by atoms with E-state index in [4.69, 9.17) is 0 Å². The van der Waals surface area contributed by atoms with E-state index in [-0.39, 0.29) is 0 Å². The smallest absolute Gasteiger partial charge is 0.0860 e. The first-order valence-corrected chi connectivity index (χ1v) is 4.43. The lowest BCUT2D eigenvalue weighted by atomic mass is 9.90. The van der Waals surface area contributed by atoms with Gasteiger partial charge in [0.05, 0.1) is 11.4 Å². The molecule has 0 fully saturated rings. The second-order valence-corrected chi connectivity index (χ2v) is 3.38. The summed E-state index contributed by atoms with van der Waals surface area (Å²) in [5, 5.41) is 14.1. The molecule has 1 unspecified atom stereocenters. The molecular weight excluding hydrogens is 152 g/mol. The lowest BCUT2D eigenvalue weighted by molar-refractivity contribution is 0.433. The normalized spacial score (nSPS) is 22.2. The Kier molecular flexibility index (Phi) is 2.08. The van der Waals surface area contributed by atoms with Crippen molar-refractivity contribution in [2.24, 2.45) is 5.92 Å². The zero-order chi connectivity index (χ0) is 8.39. The number of nitrogens with one attached hydrogen (secondary N) is 2. The highest BCUT2D eigenvalue weighted by Crippen LogP contribution is 2.21. The van der Waals surface area contributed by atoms with E-state index in [1.165, 1.54) is 17.8 Å². The van der Waals surface area contributed by atoms with Gasteiger partial charge in [0.25, 0.3) is 0 Å². The molecule has 66 valence electrons. The Hall–Kier alpha value is -0.900. The summed E-state index contributed by atoms with van der Waals surface area (Å²) in [6, 6.07) is 0. The molecule has 0 aromatic carbocycles. The summed E-state index contributed by atoms with van der Waals surface area (Å²) in [5.74, 6) is 0.743. The van der Waals surface area contributed by atoms with Gasteiger partial charge in [-0.05, 0) is 38.8 Å². The van der Waals surface area contributed by atoms with Crippen molar-refractivity contribution in [2.75, 3.05) is 13.6 Å². The summed E-state index contributed by atoms with van der Waals surface area (Å²) >= 11 is 0. The van der Waals surface area contributed by atoms with Crippen molar-refractivity contribution < 1.29 is 0 Å². The molecule has 1 aliphatic rings. The Labute approximate surface area is 71.8 Å². The predicted octanol–water partition coefficient (Wildman–Crippen LogP) is 0.129. The largest absolute Gasteiger partial charge is 0.319 e. The van der Waals surface area contributed by atoms with Crippen LogP contribution < -0.4 is 5.32 Å². The molecule has 4 heteroatoms. The van der Waals surface area contributed by atoms with Crippen LogP contribution in [0.5, 0.6) is 0 Å². The first kappa shape index (κ1) is 7.73. The number of fused-ring (bicyclic) bond motifs is 1. The van der Waals surface area contributed by atoms with Gasteiger partial charge in [-0.1, -0.05) is 0 Å². The van der Waals surface area contributed by atoms with E-state index >= 15 is 0 Å². The molecule has 0 aliphatic heterocycles. The summed E-state index contributed by atoms with van der Waals surface area (Å²) < 4.78 is 0. The van der Waals surface area contributed by atoms with Crippen molar-refractivity contribution >= 4 is 0 Å². The molecular formula is C8H14N4. The Balaban J connectivity index is 2.05. The lowest BCUT2D eigenvalue weighted by Gasteiger charge is -2.19. The number of rotatable bonds is 2. The molecule has 1 aliphatic carbocycles. The minimum absolute atomic E-state index is 0.743. The van der Waals surface area contributed by atoms with Crippen LogP contribution in [-0.2, 0) is 12.8 Å². The number of hydrogen-bond donors (Lipinski definition) is 2. The van der Waals surface area contributed by atoms with Crippen LogP contribution in [0.2, 0.25) is 0 Å². The second kappa shape index (κ2) is 3.23. The van der Waals surface area contributed by atoms with Gasteiger partial charge < -0.3 is 5.32 Å². The van der Waals surface area contributed by atoms with E-state index in [9.17, 15) is 0 Å². The van der Waals surface area contributed by atoms with Crippen LogP contribution in [0.4, 0.5) is 0 Å². The average Bonchev–Trinajstić information content (AvgIpc) is 2.51. The summed E-state index contributed by atoms with van der Waals surface area (Å²) in [5.41, 5.74) is 2.34. The van der Waals surface area contributed by atoms with Gasteiger partial charge in [0, 0.05) is 0 Å². The molecule has 4 nitrogen and oxygen atoms in total. The predicted molar refractivity (Wildman–Crippen MR) is 45.8 cm³/mol. The second-order valence-electron chi connectivity index (χ2n) is 3.38. The fraction of sp³-hybridized carbons (Fsp3) is 0.750. The molecule has 1 aromatic heterocycles. The summed E-state index contributed by atoms with van der Waals surface area (Å²) in [7, 11) is 2.00. The molecule has 0 saturated carbocycles. The fourth-order valence-corrected chi connectivity index (χ4v) is 1.82. The minimum Gasteiger partial charge on any atom is -0.319 e. The third kappa shape index (κ3) is 1.34. The number of aromatic nitrogens is 3. The van der Waals surface area contributed by atoms with E-state index < -0.39 is 0 Å². The third-order valence-electron chi connectivity index (χ3n) is 2.47. The molecule has 0 spiro atoms. The molecule has 2 N–H and O–H groups in total. The van der Waals surface area contributed by atoms with Crippen LogP contribution in [0, 0.1) is 5.92 Å². The molecule has 1 heterocycles. The maximum Gasteiger partial charge on any atom is 0.0860 e. The van der Waals surface area contributed by atoms with Crippen LogP contribution in [-0.4, -0.2) is 29.0 Å². The highest BCUT2D eigenvalue weighted by atomic mass is 15.3. The van der Waals surface area contributed by atoms with E-state index in [1.54, 1.807) is 0 Å². The first-order valence-electron chi connectivity index (χ1n) is 4.43. The average molecular weight is 166 g/mol. The molecule has 0 amide bonds. The van der Waals surface area contributed by atoms with Crippen molar-refractivity contribution in [1.29, 1.82) is 0 Å². The van der Waals surface area contributed by atoms with Gasteiger partial charge in [-0.3, -0.25) is 0 Å². The monoisotopic (exact) mass is 166 g/mol. The maximum atomic E-state index is 4.13. The lowest BCUT2D eigenvalue weighted by Crippen LogP contribution is -2.24. The summed E-state index contributed by atoms with van der Waals surface area (Å²) in [6.07, 6.45) is 3.39. The van der Waals surface area contributed by atoms with E-state index in [0.717, 1.165) is 25.3 Å². The molecule has 12 heavy (non-hydrogen) atoms. The van der Waals surface area contributed by atoms with Crippen LogP contribution >= 0.6 is 0 Å². The van der Waals surface area contributed by atoms with E-state index in [2.05, 4.69) is 20.7 Å². The van der Waals surface area contributed by atoms with Crippen molar-refractivity contribution in [2.45, 2.75) is 19.3 Å². The Morgan fingerprint density at radius 2 is 2.33 bits per heavy atom. The van der Waals surface area contributed by atoms with E-state index in [1.807, 2.05) is 7.05 Å². The number of nitrogens with zero attached hydrogens (tertiary/aromatic N) is 2. The zero-order valence-corrected chi connectivity index (χ0v) is 7.30. The van der Waals surface area contributed by atoms with Crippen LogP contribution in [0.3, 0.4) is 0 Å². The zero-order valence-electron chi connectivity index (χ0n) is 7.30. The highest BCUT2D eigenvalue weighted by molar-refractivity contribution is 5.12. The van der Waals surface area contributed by atoms with Gasteiger partial charge in [-0.15, -0.1) is 0 Å². The van der Waals surface area contributed by atoms with Gasteiger partial charge in [0.2, 0.25) is 0 Å². The molecule has 1 aromatic rings. The Morgan fingerprint density at radius 1 is 1.50 bits per heavy atom. The van der Waals surface area contributed by atoms with Crippen molar-refractivity contribution in [3.8, 4) is 0 Å². The summed E-state index contributed by atoms with van der Waals surface area (Å²) in [6.45, 7) is 1.09. The van der Waals surface area contributed by atoms with Gasteiger partial charge >= 0.3 is 0 Å². The molecule has 2 rings (SSSR count). The van der Waals surface area contributed by atoms with Gasteiger partial charge in [0.15, 0.2) is 0 Å². The number of aromatic amines is 1. The highest BCUT2D eigenvalue weighted by Gasteiger charge is 2.20. The number of hydrogen-bond acceptors (Lipinski definition) is 3.